The van der Waals surface area contributed by atoms with Crippen molar-refractivity contribution >= 4 is 22.6 Å². The normalized spacial score (nSPS) is 11.8. The molecule has 0 aliphatic rings. The third-order valence-electron chi connectivity index (χ3n) is 4.17. The minimum absolute atomic E-state index is 0.0850. The third kappa shape index (κ3) is 3.36. The van der Waals surface area contributed by atoms with Gasteiger partial charge < -0.3 is 10.3 Å². The predicted molar refractivity (Wildman–Crippen MR) is 92.9 cm³/mol. The summed E-state index contributed by atoms with van der Waals surface area (Å²) in [6.45, 7) is 0. The van der Waals surface area contributed by atoms with Crippen molar-refractivity contribution in [2.45, 2.75) is 6.18 Å². The van der Waals surface area contributed by atoms with Crippen molar-refractivity contribution in [3.8, 4) is 11.5 Å². The highest BCUT2D eigenvalue weighted by Gasteiger charge is 2.32. The van der Waals surface area contributed by atoms with E-state index >= 15 is 0 Å². The number of alkyl halides is 3. The Kier molecular flexibility index (Phi) is 4.48. The number of aromatic nitrogens is 4. The number of imidazole rings is 1. The summed E-state index contributed by atoms with van der Waals surface area (Å²) in [6.07, 6.45) is -3.60. The van der Waals surface area contributed by atoms with Crippen molar-refractivity contribution in [1.29, 1.82) is 0 Å². The molecule has 0 saturated heterocycles. The fraction of sp³-hybridized carbons (Fsp3) is 0.0556. The van der Waals surface area contributed by atoms with Gasteiger partial charge in [0.25, 0.3) is 5.91 Å². The molecule has 0 unspecified atom stereocenters. The summed E-state index contributed by atoms with van der Waals surface area (Å²) in [6, 6.07) is 3.86. The molecule has 0 saturated carbocycles. The first-order valence-electron chi connectivity index (χ1n) is 8.21. The van der Waals surface area contributed by atoms with E-state index in [9.17, 15) is 31.1 Å². The molecule has 4 rings (SSSR count). The number of rotatable bonds is 3. The maximum absolute atomic E-state index is 14.1. The molecule has 0 aliphatic carbocycles. The molecule has 0 radical (unpaired) electrons. The number of hydrogen-bond donors (Lipinski definition) is 3. The number of H-pyrrole nitrogens is 2. The van der Waals surface area contributed by atoms with E-state index in [1.807, 2.05) is 0 Å². The van der Waals surface area contributed by atoms with Crippen LogP contribution in [0.25, 0.3) is 22.6 Å². The van der Waals surface area contributed by atoms with Gasteiger partial charge in [-0.2, -0.15) is 18.3 Å². The Labute approximate surface area is 162 Å². The first-order valence-corrected chi connectivity index (χ1v) is 8.21. The number of carbonyl (C=O) groups excluding carboxylic acids is 1. The molecule has 2 aromatic carbocycles. The first kappa shape index (κ1) is 19.5. The van der Waals surface area contributed by atoms with Crippen LogP contribution in [0.2, 0.25) is 0 Å². The topological polar surface area (TPSA) is 86.5 Å². The minimum atomic E-state index is -4.77. The lowest BCUT2D eigenvalue weighted by Crippen LogP contribution is -2.16. The van der Waals surface area contributed by atoms with Crippen molar-refractivity contribution in [3.05, 3.63) is 65.1 Å². The minimum Gasteiger partial charge on any atom is -0.336 e. The number of nitrogens with one attached hydrogen (secondary N) is 3. The zero-order valence-electron chi connectivity index (χ0n) is 14.5. The Morgan fingerprint density at radius 3 is 2.40 bits per heavy atom. The molecule has 30 heavy (non-hydrogen) atoms. The van der Waals surface area contributed by atoms with Crippen LogP contribution < -0.4 is 5.32 Å². The van der Waals surface area contributed by atoms with E-state index in [1.165, 1.54) is 0 Å². The second-order valence-corrected chi connectivity index (χ2v) is 6.14. The van der Waals surface area contributed by atoms with Crippen LogP contribution in [-0.2, 0) is 6.18 Å². The summed E-state index contributed by atoms with van der Waals surface area (Å²) in [5.41, 5.74) is -2.87. The van der Waals surface area contributed by atoms with E-state index in [-0.39, 0.29) is 28.2 Å². The molecule has 2 heterocycles. The number of nitrogens with zero attached hydrogens (tertiary/aromatic N) is 2. The molecule has 0 spiro atoms. The highest BCUT2D eigenvalue weighted by molar-refractivity contribution is 6.06. The summed E-state index contributed by atoms with van der Waals surface area (Å²) in [5.74, 6) is -4.70. The molecule has 12 heteroatoms. The van der Waals surface area contributed by atoms with Gasteiger partial charge in [-0.3, -0.25) is 9.89 Å². The van der Waals surface area contributed by atoms with E-state index in [4.69, 9.17) is 0 Å². The summed E-state index contributed by atoms with van der Waals surface area (Å²) in [5, 5.41) is 8.44. The predicted octanol–water partition coefficient (Wildman–Crippen LogP) is 4.64. The van der Waals surface area contributed by atoms with Crippen LogP contribution in [0.3, 0.4) is 0 Å². The Hall–Kier alpha value is -3.83. The fourth-order valence-corrected chi connectivity index (χ4v) is 2.82. The monoisotopic (exact) mass is 425 g/mol. The Bertz CT molecular complexity index is 1260. The van der Waals surface area contributed by atoms with Crippen LogP contribution in [0.4, 0.5) is 32.0 Å². The van der Waals surface area contributed by atoms with E-state index in [2.05, 4.69) is 25.5 Å². The average molecular weight is 425 g/mol. The molecular weight excluding hydrogens is 416 g/mol. The molecule has 0 aliphatic heterocycles. The van der Waals surface area contributed by atoms with Crippen molar-refractivity contribution in [2.24, 2.45) is 0 Å². The number of aromatic amines is 2. The van der Waals surface area contributed by atoms with Crippen molar-refractivity contribution in [2.75, 3.05) is 5.32 Å². The maximum atomic E-state index is 14.1. The maximum Gasteiger partial charge on any atom is 0.416 e. The Morgan fingerprint density at radius 1 is 1.03 bits per heavy atom. The standard InChI is InChI=1S/C18H9F6N5O/c19-8-2-1-3-9(20)13(8)17(30)27-12-6-25-29-15(12)16-26-11-5-7(18(22,23)24)4-10(21)14(11)28-16/h1-6H,(H,25,29)(H,26,28)(H,27,30). The Morgan fingerprint density at radius 2 is 1.73 bits per heavy atom. The van der Waals surface area contributed by atoms with Gasteiger partial charge in [-0.1, -0.05) is 6.07 Å². The van der Waals surface area contributed by atoms with Gasteiger partial charge in [0.1, 0.15) is 22.7 Å². The third-order valence-corrected chi connectivity index (χ3v) is 4.17. The number of carbonyl (C=O) groups is 1. The molecular formula is C18H9F6N5O. The molecule has 0 bridgehead atoms. The second-order valence-electron chi connectivity index (χ2n) is 6.14. The van der Waals surface area contributed by atoms with Crippen LogP contribution in [-0.4, -0.2) is 26.1 Å². The number of amides is 1. The van der Waals surface area contributed by atoms with Gasteiger partial charge in [-0.05, 0) is 24.3 Å². The van der Waals surface area contributed by atoms with Gasteiger partial charge in [0.05, 0.1) is 16.8 Å². The lowest BCUT2D eigenvalue weighted by Gasteiger charge is -2.06. The number of benzene rings is 2. The van der Waals surface area contributed by atoms with Gasteiger partial charge in [-0.15, -0.1) is 0 Å². The van der Waals surface area contributed by atoms with Crippen LogP contribution >= 0.6 is 0 Å². The van der Waals surface area contributed by atoms with Crippen LogP contribution in [0, 0.1) is 17.5 Å². The Balaban J connectivity index is 1.72. The van der Waals surface area contributed by atoms with E-state index in [1.54, 1.807) is 0 Å². The quantitative estimate of drug-likeness (QED) is 0.418. The highest BCUT2D eigenvalue weighted by Crippen LogP contribution is 2.34. The number of halogens is 6. The molecule has 0 fully saturated rings. The van der Waals surface area contributed by atoms with Gasteiger partial charge in [0.15, 0.2) is 17.3 Å². The van der Waals surface area contributed by atoms with Gasteiger partial charge in [0.2, 0.25) is 0 Å². The molecule has 2 aromatic heterocycles. The van der Waals surface area contributed by atoms with Gasteiger partial charge in [-0.25, -0.2) is 18.2 Å². The summed E-state index contributed by atoms with van der Waals surface area (Å²) in [4.78, 5) is 18.6. The smallest absolute Gasteiger partial charge is 0.336 e. The molecule has 6 nitrogen and oxygen atoms in total. The molecule has 0 atom stereocenters. The van der Waals surface area contributed by atoms with Gasteiger partial charge in [0, 0.05) is 6.20 Å². The van der Waals surface area contributed by atoms with Crippen LogP contribution in [0.5, 0.6) is 0 Å². The van der Waals surface area contributed by atoms with E-state index < -0.39 is 40.7 Å². The number of hydrogen-bond acceptors (Lipinski definition) is 3. The molecule has 1 amide bonds. The van der Waals surface area contributed by atoms with Gasteiger partial charge >= 0.3 is 6.18 Å². The number of fused-ring (bicyclic) bond motifs is 1. The van der Waals surface area contributed by atoms with E-state index in [0.29, 0.717) is 12.1 Å². The summed E-state index contributed by atoms with van der Waals surface area (Å²) in [7, 11) is 0. The summed E-state index contributed by atoms with van der Waals surface area (Å²) < 4.78 is 80.3. The lowest BCUT2D eigenvalue weighted by atomic mass is 10.2. The zero-order chi connectivity index (χ0) is 21.6. The van der Waals surface area contributed by atoms with E-state index in [0.717, 1.165) is 24.4 Å². The molecule has 3 N–H and O–H groups in total. The van der Waals surface area contributed by atoms with Crippen molar-refractivity contribution in [1.82, 2.24) is 20.2 Å². The van der Waals surface area contributed by atoms with Crippen molar-refractivity contribution in [3.63, 3.8) is 0 Å². The molecule has 154 valence electrons. The fourth-order valence-electron chi connectivity index (χ4n) is 2.82. The highest BCUT2D eigenvalue weighted by atomic mass is 19.4. The summed E-state index contributed by atoms with van der Waals surface area (Å²) >= 11 is 0. The largest absolute Gasteiger partial charge is 0.416 e. The van der Waals surface area contributed by atoms with Crippen LogP contribution in [0.1, 0.15) is 15.9 Å². The van der Waals surface area contributed by atoms with Crippen LogP contribution in [0.15, 0.2) is 36.5 Å². The number of anilines is 1. The van der Waals surface area contributed by atoms with Crippen molar-refractivity contribution < 1.29 is 31.1 Å². The second kappa shape index (κ2) is 6.90. The SMILES string of the molecule is O=C(Nc1c[nH]nc1-c1nc2c(F)cc(C(F)(F)F)cc2[nH]1)c1c(F)cccc1F. The first-order chi connectivity index (χ1) is 14.1. The molecule has 4 aromatic rings. The average Bonchev–Trinajstić information content (AvgIpc) is 3.27. The zero-order valence-corrected chi connectivity index (χ0v) is 14.5. The lowest BCUT2D eigenvalue weighted by molar-refractivity contribution is -0.137.